The summed E-state index contributed by atoms with van der Waals surface area (Å²) in [5.74, 6) is 4.26. The van der Waals surface area contributed by atoms with Crippen LogP contribution in [0.3, 0.4) is 0 Å². The molecule has 0 amide bonds. The van der Waals surface area contributed by atoms with E-state index in [0.29, 0.717) is 5.92 Å². The van der Waals surface area contributed by atoms with Crippen LogP contribution in [0.1, 0.15) is 84.4 Å². The molecular formula is C79H62N2. The lowest BCUT2D eigenvalue weighted by Crippen LogP contribution is -2.26. The van der Waals surface area contributed by atoms with Gasteiger partial charge in [-0.15, -0.1) is 0 Å². The SMILES string of the molecule is CC1(C)c2ccccc2-c2cc(N(c3ccccc3)c3ccc4c(c3)C3(c5ccccc5-c5cc(-c6ccccc6)c(N(c6ccccc6)c6ccc(C7C8CC9CC(C8)C7C9)cc6)cc53)c3ccc(-c5ccccc5)cc3-4)ccc21. The zero-order chi connectivity index (χ0) is 53.6. The number of rotatable bonds is 9. The molecule has 7 aliphatic rings. The fraction of sp³-hybridized carbons (Fsp3) is 0.165. The van der Waals surface area contributed by atoms with E-state index in [-0.39, 0.29) is 5.41 Å². The number of benzene rings is 11. The second-order valence-corrected chi connectivity index (χ2v) is 24.8. The van der Waals surface area contributed by atoms with E-state index in [9.17, 15) is 0 Å². The summed E-state index contributed by atoms with van der Waals surface area (Å²) in [6, 6.07) is 99.5. The summed E-state index contributed by atoms with van der Waals surface area (Å²) in [6.45, 7) is 4.74. The van der Waals surface area contributed by atoms with Gasteiger partial charge in [0.2, 0.25) is 0 Å². The number of nitrogens with zero attached hydrogens (tertiary/aromatic N) is 2. The lowest BCUT2D eigenvalue weighted by atomic mass is 9.70. The summed E-state index contributed by atoms with van der Waals surface area (Å²) in [6.07, 6.45) is 5.73. The minimum absolute atomic E-state index is 0.0940. The van der Waals surface area contributed by atoms with Crippen molar-refractivity contribution in [2.24, 2.45) is 23.7 Å². The molecule has 6 unspecified atom stereocenters. The number of hydrogen-bond acceptors (Lipinski definition) is 2. The Morgan fingerprint density at radius 3 is 1.54 bits per heavy atom. The number of para-hydroxylation sites is 2. The van der Waals surface area contributed by atoms with Crippen molar-refractivity contribution in [2.75, 3.05) is 9.80 Å². The third kappa shape index (κ3) is 6.86. The summed E-state index contributed by atoms with van der Waals surface area (Å²) < 4.78 is 0. The van der Waals surface area contributed by atoms with E-state index >= 15 is 0 Å². The average molecular weight is 1040 g/mol. The molecule has 0 saturated heterocycles. The van der Waals surface area contributed by atoms with Crippen LogP contribution in [0.5, 0.6) is 0 Å². The summed E-state index contributed by atoms with van der Waals surface area (Å²) in [4.78, 5) is 5.06. The summed E-state index contributed by atoms with van der Waals surface area (Å²) >= 11 is 0. The second-order valence-electron chi connectivity index (χ2n) is 24.8. The maximum atomic E-state index is 2.61. The zero-order valence-electron chi connectivity index (χ0n) is 45.9. The van der Waals surface area contributed by atoms with Crippen LogP contribution in [0.4, 0.5) is 34.1 Å². The molecule has 0 aliphatic heterocycles. The van der Waals surface area contributed by atoms with Gasteiger partial charge in [0, 0.05) is 39.4 Å². The minimum atomic E-state index is -0.664. The fourth-order valence-corrected chi connectivity index (χ4v) is 17.2. The van der Waals surface area contributed by atoms with Gasteiger partial charge in [0.15, 0.2) is 0 Å². The van der Waals surface area contributed by atoms with E-state index in [4.69, 9.17) is 0 Å². The van der Waals surface area contributed by atoms with E-state index in [1.54, 1.807) is 5.56 Å². The highest BCUT2D eigenvalue weighted by atomic mass is 15.2. The lowest BCUT2D eigenvalue weighted by molar-refractivity contribution is 0.249. The van der Waals surface area contributed by atoms with E-state index in [1.165, 1.54) is 126 Å². The molecule has 11 aromatic rings. The van der Waals surface area contributed by atoms with Gasteiger partial charge in [-0.05, 0) is 223 Å². The summed E-state index contributed by atoms with van der Waals surface area (Å²) in [7, 11) is 0. The molecule has 7 aliphatic carbocycles. The van der Waals surface area contributed by atoms with Crippen LogP contribution < -0.4 is 9.80 Å². The van der Waals surface area contributed by atoms with Crippen LogP contribution in [0.25, 0.3) is 55.6 Å². The molecule has 18 rings (SSSR count). The predicted molar refractivity (Wildman–Crippen MR) is 336 cm³/mol. The molecule has 2 heteroatoms. The first-order chi connectivity index (χ1) is 39.9. The van der Waals surface area contributed by atoms with Gasteiger partial charge in [0.05, 0.1) is 11.1 Å². The van der Waals surface area contributed by atoms with E-state index in [2.05, 4.69) is 285 Å². The first-order valence-electron chi connectivity index (χ1n) is 29.6. The molecule has 2 nitrogen and oxygen atoms in total. The largest absolute Gasteiger partial charge is 0.310 e. The quantitative estimate of drug-likeness (QED) is 0.142. The zero-order valence-corrected chi connectivity index (χ0v) is 45.9. The molecule has 0 radical (unpaired) electrons. The number of anilines is 6. The van der Waals surface area contributed by atoms with E-state index < -0.39 is 5.41 Å². The Hall–Kier alpha value is -8.98. The molecule has 81 heavy (non-hydrogen) atoms. The second kappa shape index (κ2) is 17.8. The average Bonchev–Trinajstić information content (AvgIpc) is 3.80. The van der Waals surface area contributed by atoms with Gasteiger partial charge in [0.1, 0.15) is 0 Å². The number of hydrogen-bond donors (Lipinski definition) is 0. The van der Waals surface area contributed by atoms with Gasteiger partial charge in [0.25, 0.3) is 0 Å². The van der Waals surface area contributed by atoms with Crippen molar-refractivity contribution in [2.45, 2.75) is 56.3 Å². The predicted octanol–water partition coefficient (Wildman–Crippen LogP) is 20.8. The molecule has 6 atom stereocenters. The van der Waals surface area contributed by atoms with Gasteiger partial charge >= 0.3 is 0 Å². The maximum absolute atomic E-state index is 2.61. The van der Waals surface area contributed by atoms with Gasteiger partial charge in [-0.3, -0.25) is 0 Å². The van der Waals surface area contributed by atoms with Crippen LogP contribution in [0, 0.1) is 23.7 Å². The van der Waals surface area contributed by atoms with Crippen molar-refractivity contribution < 1.29 is 0 Å². The topological polar surface area (TPSA) is 6.48 Å². The molecule has 11 aromatic carbocycles. The van der Waals surface area contributed by atoms with Gasteiger partial charge < -0.3 is 9.80 Å². The number of fused-ring (bicyclic) bond motifs is 13. The third-order valence-electron chi connectivity index (χ3n) is 20.4. The Bertz CT molecular complexity index is 4290. The molecule has 388 valence electrons. The van der Waals surface area contributed by atoms with Crippen molar-refractivity contribution in [1.82, 2.24) is 0 Å². The maximum Gasteiger partial charge on any atom is 0.0727 e. The van der Waals surface area contributed by atoms with E-state index in [1.807, 2.05) is 0 Å². The molecular weight excluding hydrogens is 977 g/mol. The van der Waals surface area contributed by atoms with Crippen LogP contribution in [-0.4, -0.2) is 0 Å². The normalized spacial score (nSPS) is 21.3. The van der Waals surface area contributed by atoms with Crippen molar-refractivity contribution in [3.63, 3.8) is 0 Å². The fourth-order valence-electron chi connectivity index (χ4n) is 17.2. The monoisotopic (exact) mass is 1040 g/mol. The highest BCUT2D eigenvalue weighted by Crippen LogP contribution is 2.67. The molecule has 0 N–H and O–H groups in total. The van der Waals surface area contributed by atoms with Crippen LogP contribution >= 0.6 is 0 Å². The summed E-state index contributed by atoms with van der Waals surface area (Å²) in [5.41, 5.74) is 28.2. The van der Waals surface area contributed by atoms with E-state index in [0.717, 1.165) is 46.4 Å². The highest BCUT2D eigenvalue weighted by Gasteiger charge is 2.55. The Labute approximate surface area is 476 Å². The molecule has 1 spiro atoms. The highest BCUT2D eigenvalue weighted by molar-refractivity contribution is 6.01. The molecule has 4 fully saturated rings. The van der Waals surface area contributed by atoms with Gasteiger partial charge in [-0.25, -0.2) is 0 Å². The Balaban J connectivity index is 0.915. The van der Waals surface area contributed by atoms with Crippen LogP contribution in [0.2, 0.25) is 0 Å². The minimum Gasteiger partial charge on any atom is -0.310 e. The van der Waals surface area contributed by atoms with Crippen LogP contribution in [-0.2, 0) is 10.8 Å². The van der Waals surface area contributed by atoms with Crippen molar-refractivity contribution in [3.8, 4) is 55.6 Å². The lowest BCUT2D eigenvalue weighted by Gasteiger charge is -2.35. The van der Waals surface area contributed by atoms with Crippen LogP contribution in [0.15, 0.2) is 261 Å². The van der Waals surface area contributed by atoms with Gasteiger partial charge in [-0.2, -0.15) is 0 Å². The Morgan fingerprint density at radius 2 is 0.815 bits per heavy atom. The molecule has 4 saturated carbocycles. The Morgan fingerprint density at radius 1 is 0.309 bits per heavy atom. The van der Waals surface area contributed by atoms with Crippen molar-refractivity contribution >= 4 is 34.1 Å². The Kier molecular flexibility index (Phi) is 10.3. The molecule has 0 heterocycles. The standard InChI is InChI=1S/C79H62N2/c1-78(2)70-29-17-15-27-62(70)68-46-60(37-40-71(68)78)80(57-23-11-5-12-24-57)61-36-38-64-67-45-54(51-19-7-3-8-20-51)33-39-73(67)79(74(64)47-61)72-30-18-16-28-63(72)69-48-65(52-21-9-4-10-22-52)76(49-75(69)79)81(58-25-13-6-14-26-58)59-34-31-53(32-35-59)77-56-42-50-41-55(44-56)66(77)43-50/h3-40,45-50,55-56,66,77H,41-44H2,1-2H3. The first-order valence-corrected chi connectivity index (χ1v) is 29.6. The third-order valence-corrected chi connectivity index (χ3v) is 20.4. The van der Waals surface area contributed by atoms with Crippen molar-refractivity contribution in [3.05, 3.63) is 300 Å². The summed E-state index contributed by atoms with van der Waals surface area (Å²) in [5, 5.41) is 0. The molecule has 4 bridgehead atoms. The first kappa shape index (κ1) is 46.9. The molecule has 0 aromatic heterocycles. The van der Waals surface area contributed by atoms with Gasteiger partial charge in [-0.1, -0.05) is 196 Å². The smallest absolute Gasteiger partial charge is 0.0727 e. The van der Waals surface area contributed by atoms with Crippen molar-refractivity contribution in [1.29, 1.82) is 0 Å².